The van der Waals surface area contributed by atoms with Crippen LogP contribution in [0.25, 0.3) is 0 Å². The summed E-state index contributed by atoms with van der Waals surface area (Å²) in [5.41, 5.74) is 0. The second-order valence-corrected chi connectivity index (χ2v) is 6.24. The number of carbonyl (C=O) groups is 1. The lowest BCUT2D eigenvalue weighted by Crippen LogP contribution is -2.54. The lowest BCUT2D eigenvalue weighted by atomic mass is 9.77. The summed E-state index contributed by atoms with van der Waals surface area (Å²) < 4.78 is 5.18. The van der Waals surface area contributed by atoms with Gasteiger partial charge in [0.25, 0.3) is 0 Å². The van der Waals surface area contributed by atoms with Crippen molar-refractivity contribution in [2.75, 3.05) is 13.2 Å². The molecule has 2 aliphatic rings. The van der Waals surface area contributed by atoms with E-state index in [4.69, 9.17) is 4.74 Å². The Bertz CT molecular complexity index is 321. The minimum atomic E-state index is -0.191. The first-order valence-corrected chi connectivity index (χ1v) is 8.25. The van der Waals surface area contributed by atoms with Crippen LogP contribution in [0.5, 0.6) is 0 Å². The molecule has 4 heteroatoms. The summed E-state index contributed by atoms with van der Waals surface area (Å²) in [7, 11) is 0. The molecule has 0 radical (unpaired) electrons. The van der Waals surface area contributed by atoms with E-state index in [1.807, 2.05) is 13.8 Å². The summed E-state index contributed by atoms with van der Waals surface area (Å²) in [5, 5.41) is 10.3. The molecule has 1 heterocycles. The predicted octanol–water partition coefficient (Wildman–Crippen LogP) is 2.34. The van der Waals surface area contributed by atoms with Gasteiger partial charge in [-0.3, -0.25) is 9.69 Å². The van der Waals surface area contributed by atoms with Gasteiger partial charge in [-0.25, -0.2) is 0 Å². The molecule has 116 valence electrons. The fourth-order valence-electron chi connectivity index (χ4n) is 3.91. The number of carbonyl (C=O) groups excluding carboxylic acids is 1. The summed E-state index contributed by atoms with van der Waals surface area (Å²) in [5.74, 6) is 0.214. The highest BCUT2D eigenvalue weighted by Crippen LogP contribution is 2.35. The smallest absolute Gasteiger partial charge is 0.323 e. The Hall–Kier alpha value is -0.610. The van der Waals surface area contributed by atoms with Gasteiger partial charge < -0.3 is 9.84 Å². The average molecular weight is 283 g/mol. The SMILES string of the molecule is CCOC(=O)C(C)N1CCCCC1C1CCCCC1O. The van der Waals surface area contributed by atoms with Gasteiger partial charge in [0.2, 0.25) is 0 Å². The van der Waals surface area contributed by atoms with E-state index in [2.05, 4.69) is 4.90 Å². The number of hydrogen-bond acceptors (Lipinski definition) is 4. The Morgan fingerprint density at radius 2 is 1.95 bits per heavy atom. The summed E-state index contributed by atoms with van der Waals surface area (Å²) in [6, 6.07) is 0.160. The third-order valence-corrected chi connectivity index (χ3v) is 4.99. The number of aliphatic hydroxyl groups excluding tert-OH is 1. The highest BCUT2D eigenvalue weighted by atomic mass is 16.5. The third-order valence-electron chi connectivity index (χ3n) is 4.99. The zero-order valence-electron chi connectivity index (χ0n) is 12.9. The summed E-state index contributed by atoms with van der Waals surface area (Å²) in [6.07, 6.45) is 7.62. The normalized spacial score (nSPS) is 33.6. The summed E-state index contributed by atoms with van der Waals surface area (Å²) in [6.45, 7) is 5.19. The molecule has 1 aliphatic carbocycles. The Labute approximate surface area is 122 Å². The monoisotopic (exact) mass is 283 g/mol. The molecule has 4 atom stereocenters. The van der Waals surface area contributed by atoms with Crippen molar-refractivity contribution in [3.63, 3.8) is 0 Å². The molecule has 0 bridgehead atoms. The largest absolute Gasteiger partial charge is 0.465 e. The Balaban J connectivity index is 2.06. The maximum atomic E-state index is 12.0. The van der Waals surface area contributed by atoms with Crippen LogP contribution >= 0.6 is 0 Å². The van der Waals surface area contributed by atoms with Gasteiger partial charge >= 0.3 is 5.97 Å². The number of esters is 1. The fourth-order valence-corrected chi connectivity index (χ4v) is 3.91. The van der Waals surface area contributed by atoms with Crippen LogP contribution in [0.3, 0.4) is 0 Å². The Morgan fingerprint density at radius 3 is 2.65 bits per heavy atom. The molecule has 0 spiro atoms. The standard InChI is InChI=1S/C16H29NO3/c1-3-20-16(19)12(2)17-11-7-6-9-14(17)13-8-4-5-10-15(13)18/h12-15,18H,3-11H2,1-2H3. The number of hydrogen-bond donors (Lipinski definition) is 1. The van der Waals surface area contributed by atoms with Crippen LogP contribution in [-0.2, 0) is 9.53 Å². The lowest BCUT2D eigenvalue weighted by Gasteiger charge is -2.45. The third kappa shape index (κ3) is 3.53. The first kappa shape index (κ1) is 15.8. The maximum Gasteiger partial charge on any atom is 0.323 e. The van der Waals surface area contributed by atoms with Crippen LogP contribution in [0, 0.1) is 5.92 Å². The zero-order valence-corrected chi connectivity index (χ0v) is 12.9. The van der Waals surface area contributed by atoms with Gasteiger partial charge in [-0.2, -0.15) is 0 Å². The first-order valence-electron chi connectivity index (χ1n) is 8.25. The maximum absolute atomic E-state index is 12.0. The molecule has 1 aliphatic heterocycles. The van der Waals surface area contributed by atoms with Crippen molar-refractivity contribution in [1.82, 2.24) is 4.90 Å². The molecule has 1 N–H and O–H groups in total. The number of ether oxygens (including phenoxy) is 1. The molecular formula is C16H29NO3. The van der Waals surface area contributed by atoms with Crippen molar-refractivity contribution in [3.05, 3.63) is 0 Å². The second-order valence-electron chi connectivity index (χ2n) is 6.24. The van der Waals surface area contributed by atoms with Gasteiger partial charge in [0.1, 0.15) is 6.04 Å². The Kier molecular flexibility index (Phi) is 5.85. The van der Waals surface area contributed by atoms with Crippen molar-refractivity contribution in [2.24, 2.45) is 5.92 Å². The molecule has 0 aromatic heterocycles. The van der Waals surface area contributed by atoms with Gasteiger partial charge in [-0.05, 0) is 46.1 Å². The molecule has 20 heavy (non-hydrogen) atoms. The van der Waals surface area contributed by atoms with Crippen LogP contribution in [-0.4, -0.2) is 47.3 Å². The molecule has 0 amide bonds. The van der Waals surface area contributed by atoms with E-state index in [1.54, 1.807) is 0 Å². The number of aliphatic hydroxyl groups is 1. The van der Waals surface area contributed by atoms with E-state index < -0.39 is 0 Å². The molecule has 4 nitrogen and oxygen atoms in total. The van der Waals surface area contributed by atoms with Gasteiger partial charge in [-0.1, -0.05) is 19.3 Å². The van der Waals surface area contributed by atoms with Crippen LogP contribution in [0.1, 0.15) is 58.8 Å². The minimum absolute atomic E-state index is 0.121. The van der Waals surface area contributed by atoms with E-state index in [0.717, 1.165) is 38.6 Å². The number of likely N-dealkylation sites (tertiary alicyclic amines) is 1. The predicted molar refractivity (Wildman–Crippen MR) is 78.4 cm³/mol. The van der Waals surface area contributed by atoms with Gasteiger partial charge in [0, 0.05) is 12.0 Å². The van der Waals surface area contributed by atoms with Crippen molar-refractivity contribution < 1.29 is 14.6 Å². The van der Waals surface area contributed by atoms with E-state index in [9.17, 15) is 9.90 Å². The lowest BCUT2D eigenvalue weighted by molar-refractivity contribution is -0.152. The molecule has 0 aromatic carbocycles. The highest BCUT2D eigenvalue weighted by Gasteiger charge is 2.39. The van der Waals surface area contributed by atoms with E-state index in [0.29, 0.717) is 18.6 Å². The van der Waals surface area contributed by atoms with Crippen LogP contribution in [0.4, 0.5) is 0 Å². The fraction of sp³-hybridized carbons (Fsp3) is 0.938. The van der Waals surface area contributed by atoms with E-state index >= 15 is 0 Å². The highest BCUT2D eigenvalue weighted by molar-refractivity contribution is 5.75. The summed E-state index contributed by atoms with van der Waals surface area (Å²) in [4.78, 5) is 14.3. The van der Waals surface area contributed by atoms with Crippen LogP contribution < -0.4 is 0 Å². The first-order chi connectivity index (χ1) is 9.65. The average Bonchev–Trinajstić information content (AvgIpc) is 2.47. The van der Waals surface area contributed by atoms with Crippen LogP contribution in [0.2, 0.25) is 0 Å². The second kappa shape index (κ2) is 7.41. The molecule has 1 saturated carbocycles. The molecule has 2 fully saturated rings. The van der Waals surface area contributed by atoms with Crippen molar-refractivity contribution in [2.45, 2.75) is 77.0 Å². The number of nitrogens with zero attached hydrogens (tertiary/aromatic N) is 1. The Morgan fingerprint density at radius 1 is 1.25 bits per heavy atom. The van der Waals surface area contributed by atoms with Crippen LogP contribution in [0.15, 0.2) is 0 Å². The molecule has 2 rings (SSSR count). The van der Waals surface area contributed by atoms with Crippen molar-refractivity contribution in [3.8, 4) is 0 Å². The summed E-state index contributed by atoms with van der Waals surface area (Å²) >= 11 is 0. The van der Waals surface area contributed by atoms with E-state index in [1.165, 1.54) is 12.8 Å². The number of piperidine rings is 1. The molecule has 0 aromatic rings. The van der Waals surface area contributed by atoms with Gasteiger partial charge in [0.05, 0.1) is 12.7 Å². The molecule has 4 unspecified atom stereocenters. The van der Waals surface area contributed by atoms with E-state index in [-0.39, 0.29) is 18.1 Å². The van der Waals surface area contributed by atoms with Crippen molar-refractivity contribution in [1.29, 1.82) is 0 Å². The number of rotatable bonds is 4. The van der Waals surface area contributed by atoms with Crippen molar-refractivity contribution >= 4 is 5.97 Å². The van der Waals surface area contributed by atoms with Gasteiger partial charge in [0.15, 0.2) is 0 Å². The topological polar surface area (TPSA) is 49.8 Å². The minimum Gasteiger partial charge on any atom is -0.465 e. The zero-order chi connectivity index (χ0) is 14.5. The molecule has 1 saturated heterocycles. The van der Waals surface area contributed by atoms with Gasteiger partial charge in [-0.15, -0.1) is 0 Å². The molecular weight excluding hydrogens is 254 g/mol. The quantitative estimate of drug-likeness (QED) is 0.805.